The molecule has 0 saturated heterocycles. The molecule has 1 N–H and O–H groups in total. The number of carbonyl (C=O) groups is 2. The first kappa shape index (κ1) is 19.7. The maximum atomic E-state index is 13.0. The van der Waals surface area contributed by atoms with Gasteiger partial charge in [-0.1, -0.05) is 54.6 Å². The number of aryl methyl sites for hydroxylation is 1. The van der Waals surface area contributed by atoms with Crippen LogP contribution in [0.2, 0.25) is 0 Å². The van der Waals surface area contributed by atoms with Gasteiger partial charge in [0.25, 0.3) is 0 Å². The maximum Gasteiger partial charge on any atom is 0.237 e. The summed E-state index contributed by atoms with van der Waals surface area (Å²) in [6.45, 7) is 8.81. The lowest BCUT2D eigenvalue weighted by atomic mass is 9.89. The largest absolute Gasteiger partial charge is 0.351 e. The van der Waals surface area contributed by atoms with E-state index in [-0.39, 0.29) is 11.8 Å². The van der Waals surface area contributed by atoms with E-state index in [9.17, 15) is 9.59 Å². The molecule has 4 heteroatoms. The molecule has 2 aromatic carbocycles. The fraction of sp³-hybridized carbons (Fsp3) is 0.364. The third kappa shape index (κ3) is 4.72. The molecule has 0 spiro atoms. The second kappa shape index (κ2) is 8.65. The second-order valence-corrected chi connectivity index (χ2v) is 7.04. The molecule has 0 aliphatic heterocycles. The molecule has 0 unspecified atom stereocenters. The van der Waals surface area contributed by atoms with Gasteiger partial charge < -0.3 is 10.2 Å². The van der Waals surface area contributed by atoms with Crippen LogP contribution in [-0.2, 0) is 22.7 Å². The molecular formula is C22H28N2O2. The van der Waals surface area contributed by atoms with E-state index in [0.717, 1.165) is 16.7 Å². The van der Waals surface area contributed by atoms with Crippen molar-refractivity contribution in [3.63, 3.8) is 0 Å². The molecule has 138 valence electrons. The van der Waals surface area contributed by atoms with Crippen molar-refractivity contribution in [1.82, 2.24) is 10.2 Å². The van der Waals surface area contributed by atoms with Gasteiger partial charge in [0, 0.05) is 19.6 Å². The summed E-state index contributed by atoms with van der Waals surface area (Å²) in [5.41, 5.74) is 2.11. The van der Waals surface area contributed by atoms with E-state index >= 15 is 0 Å². The molecule has 26 heavy (non-hydrogen) atoms. The summed E-state index contributed by atoms with van der Waals surface area (Å²) in [5, 5.41) is 2.92. The summed E-state index contributed by atoms with van der Waals surface area (Å²) < 4.78 is 0. The third-order valence-electron chi connectivity index (χ3n) is 4.69. The van der Waals surface area contributed by atoms with Crippen molar-refractivity contribution in [3.05, 3.63) is 71.3 Å². The monoisotopic (exact) mass is 352 g/mol. The van der Waals surface area contributed by atoms with Crippen molar-refractivity contribution in [2.45, 2.75) is 40.8 Å². The zero-order chi connectivity index (χ0) is 19.2. The zero-order valence-electron chi connectivity index (χ0n) is 16.1. The fourth-order valence-corrected chi connectivity index (χ4v) is 2.83. The fourth-order valence-electron chi connectivity index (χ4n) is 2.83. The number of carbonyl (C=O) groups excluding carboxylic acids is 2. The number of rotatable bonds is 7. The molecule has 0 heterocycles. The van der Waals surface area contributed by atoms with Crippen LogP contribution in [0.15, 0.2) is 54.6 Å². The Kier molecular flexibility index (Phi) is 6.56. The summed E-state index contributed by atoms with van der Waals surface area (Å²) in [7, 11) is 0. The van der Waals surface area contributed by atoms with Crippen molar-refractivity contribution in [2.75, 3.05) is 6.54 Å². The highest BCUT2D eigenvalue weighted by Crippen LogP contribution is 2.21. The van der Waals surface area contributed by atoms with Crippen molar-refractivity contribution in [1.29, 1.82) is 0 Å². The van der Waals surface area contributed by atoms with E-state index in [0.29, 0.717) is 19.6 Å². The van der Waals surface area contributed by atoms with Gasteiger partial charge in [-0.15, -0.1) is 0 Å². The topological polar surface area (TPSA) is 49.4 Å². The van der Waals surface area contributed by atoms with Gasteiger partial charge in [-0.3, -0.25) is 9.59 Å². The number of nitrogens with zero attached hydrogens (tertiary/aromatic N) is 1. The lowest BCUT2D eigenvalue weighted by Crippen LogP contribution is -2.49. The minimum atomic E-state index is -1.12. The summed E-state index contributed by atoms with van der Waals surface area (Å²) >= 11 is 0. The van der Waals surface area contributed by atoms with Gasteiger partial charge in [-0.05, 0) is 44.4 Å². The SMILES string of the molecule is CCN(Cc1ccccc1)C(=O)C(C)(C)C(=O)NCc1ccccc1C. The van der Waals surface area contributed by atoms with Gasteiger partial charge in [-0.25, -0.2) is 0 Å². The smallest absolute Gasteiger partial charge is 0.237 e. The Labute approximate surface area is 156 Å². The molecule has 4 nitrogen and oxygen atoms in total. The Bertz CT molecular complexity index is 754. The van der Waals surface area contributed by atoms with Crippen LogP contribution < -0.4 is 5.32 Å². The predicted octanol–water partition coefficient (Wildman–Crippen LogP) is 3.69. The molecule has 2 aromatic rings. The highest BCUT2D eigenvalue weighted by atomic mass is 16.2. The first-order valence-corrected chi connectivity index (χ1v) is 9.02. The quantitative estimate of drug-likeness (QED) is 0.773. The number of hydrogen-bond donors (Lipinski definition) is 1. The van der Waals surface area contributed by atoms with Crippen LogP contribution >= 0.6 is 0 Å². The molecule has 0 fully saturated rings. The molecule has 2 rings (SSSR count). The molecule has 0 aliphatic carbocycles. The van der Waals surface area contributed by atoms with Crippen LogP contribution in [-0.4, -0.2) is 23.3 Å². The Morgan fingerprint density at radius 2 is 1.62 bits per heavy atom. The van der Waals surface area contributed by atoms with Gasteiger partial charge in [0.1, 0.15) is 5.41 Å². The number of benzene rings is 2. The molecule has 0 aliphatic rings. The molecule has 2 amide bonds. The molecular weight excluding hydrogens is 324 g/mol. The van der Waals surface area contributed by atoms with Crippen LogP contribution in [0.1, 0.15) is 37.5 Å². The minimum absolute atomic E-state index is 0.161. The van der Waals surface area contributed by atoms with E-state index in [1.807, 2.05) is 68.4 Å². The summed E-state index contributed by atoms with van der Waals surface area (Å²) in [6, 6.07) is 17.7. The van der Waals surface area contributed by atoms with E-state index in [2.05, 4.69) is 5.32 Å². The molecule has 0 bridgehead atoms. The second-order valence-electron chi connectivity index (χ2n) is 7.04. The average Bonchev–Trinajstić information content (AvgIpc) is 2.65. The molecule has 0 saturated carbocycles. The van der Waals surface area contributed by atoms with Crippen LogP contribution in [0.25, 0.3) is 0 Å². The van der Waals surface area contributed by atoms with Gasteiger partial charge in [0.15, 0.2) is 0 Å². The van der Waals surface area contributed by atoms with Crippen LogP contribution in [0.4, 0.5) is 0 Å². The van der Waals surface area contributed by atoms with E-state index in [1.165, 1.54) is 0 Å². The Morgan fingerprint density at radius 3 is 2.23 bits per heavy atom. The van der Waals surface area contributed by atoms with Crippen molar-refractivity contribution in [2.24, 2.45) is 5.41 Å². The van der Waals surface area contributed by atoms with Crippen LogP contribution in [0.5, 0.6) is 0 Å². The lowest BCUT2D eigenvalue weighted by molar-refractivity contribution is -0.149. The highest BCUT2D eigenvalue weighted by molar-refractivity contribution is 6.04. The number of amides is 2. The summed E-state index contributed by atoms with van der Waals surface area (Å²) in [5.74, 6) is -0.414. The first-order chi connectivity index (χ1) is 12.4. The van der Waals surface area contributed by atoms with Crippen LogP contribution in [0.3, 0.4) is 0 Å². The maximum absolute atomic E-state index is 13.0. The standard InChI is InChI=1S/C22H28N2O2/c1-5-24(16-18-12-7-6-8-13-18)21(26)22(3,4)20(25)23-15-19-14-10-9-11-17(19)2/h6-14H,5,15-16H2,1-4H3,(H,23,25). The van der Waals surface area contributed by atoms with Crippen molar-refractivity contribution >= 4 is 11.8 Å². The minimum Gasteiger partial charge on any atom is -0.351 e. The first-order valence-electron chi connectivity index (χ1n) is 9.02. The lowest BCUT2D eigenvalue weighted by Gasteiger charge is -2.30. The number of hydrogen-bond acceptors (Lipinski definition) is 2. The summed E-state index contributed by atoms with van der Waals surface area (Å²) in [4.78, 5) is 27.4. The summed E-state index contributed by atoms with van der Waals surface area (Å²) in [6.07, 6.45) is 0. The molecule has 0 aromatic heterocycles. The predicted molar refractivity (Wildman–Crippen MR) is 104 cm³/mol. The van der Waals surface area contributed by atoms with Crippen LogP contribution in [0, 0.1) is 12.3 Å². The van der Waals surface area contributed by atoms with E-state index < -0.39 is 5.41 Å². The number of nitrogens with one attached hydrogen (secondary N) is 1. The molecule has 0 radical (unpaired) electrons. The van der Waals surface area contributed by atoms with Crippen molar-refractivity contribution < 1.29 is 9.59 Å². The van der Waals surface area contributed by atoms with Gasteiger partial charge in [0.05, 0.1) is 0 Å². The van der Waals surface area contributed by atoms with Crippen molar-refractivity contribution in [3.8, 4) is 0 Å². The van der Waals surface area contributed by atoms with E-state index in [4.69, 9.17) is 0 Å². The normalized spacial score (nSPS) is 11.1. The van der Waals surface area contributed by atoms with Gasteiger partial charge in [-0.2, -0.15) is 0 Å². The third-order valence-corrected chi connectivity index (χ3v) is 4.69. The molecule has 0 atom stereocenters. The Balaban J connectivity index is 2.04. The Hall–Kier alpha value is -2.62. The van der Waals surface area contributed by atoms with E-state index in [1.54, 1.807) is 18.7 Å². The van der Waals surface area contributed by atoms with Gasteiger partial charge in [0.2, 0.25) is 11.8 Å². The Morgan fingerprint density at radius 1 is 1.00 bits per heavy atom. The van der Waals surface area contributed by atoms with Gasteiger partial charge >= 0.3 is 0 Å². The highest BCUT2D eigenvalue weighted by Gasteiger charge is 2.38. The zero-order valence-corrected chi connectivity index (χ0v) is 16.1. The average molecular weight is 352 g/mol.